The van der Waals surface area contributed by atoms with Crippen molar-refractivity contribution in [2.45, 2.75) is 69.6 Å². The summed E-state index contributed by atoms with van der Waals surface area (Å²) in [6.45, 7) is 7.11. The minimum atomic E-state index is -0.464. The number of benzene rings is 1. The summed E-state index contributed by atoms with van der Waals surface area (Å²) < 4.78 is 0. The standard InChI is InChI=1S/C26H37N5O3S/c1-19-8-2-4-14-30(19)15-5-3-13-27-24(33)20-9-11-21(12-10-20)28-23(32)18-22-25(34)29-26(35-22)31-16-6-7-17-31/h9-12,19,22H,2-8,13-18H2,1H3,(H,27,33)(H,28,32)/t19-,22-/m0/s1. The van der Waals surface area contributed by atoms with Crippen molar-refractivity contribution >= 4 is 40.3 Å². The van der Waals surface area contributed by atoms with E-state index < -0.39 is 5.25 Å². The van der Waals surface area contributed by atoms with Crippen molar-refractivity contribution in [3.05, 3.63) is 29.8 Å². The molecule has 0 bridgehead atoms. The molecule has 4 rings (SSSR count). The Kier molecular flexibility index (Phi) is 9.20. The Morgan fingerprint density at radius 3 is 2.54 bits per heavy atom. The number of carbonyl (C=O) groups is 3. The van der Waals surface area contributed by atoms with Gasteiger partial charge >= 0.3 is 0 Å². The number of amides is 3. The average Bonchev–Trinajstić information content (AvgIpc) is 3.51. The van der Waals surface area contributed by atoms with Gasteiger partial charge in [-0.3, -0.25) is 14.4 Å². The number of unbranched alkanes of at least 4 members (excludes halogenated alkanes) is 1. The Labute approximate surface area is 212 Å². The highest BCUT2D eigenvalue weighted by Crippen LogP contribution is 2.29. The second kappa shape index (κ2) is 12.5. The predicted octanol–water partition coefficient (Wildman–Crippen LogP) is 3.49. The first-order chi connectivity index (χ1) is 17.0. The van der Waals surface area contributed by atoms with Gasteiger partial charge in [-0.15, -0.1) is 0 Å². The number of amidine groups is 1. The number of carbonyl (C=O) groups excluding carboxylic acids is 3. The third kappa shape index (κ3) is 7.30. The molecule has 1 aromatic rings. The van der Waals surface area contributed by atoms with Gasteiger partial charge in [0.1, 0.15) is 5.25 Å². The van der Waals surface area contributed by atoms with Crippen molar-refractivity contribution in [3.8, 4) is 0 Å². The molecule has 0 spiro atoms. The van der Waals surface area contributed by atoms with Crippen LogP contribution in [0.1, 0.15) is 68.6 Å². The number of aliphatic imine (C=N–C) groups is 1. The zero-order valence-corrected chi connectivity index (χ0v) is 21.4. The van der Waals surface area contributed by atoms with Crippen LogP contribution in [0.2, 0.25) is 0 Å². The highest BCUT2D eigenvalue weighted by molar-refractivity contribution is 8.15. The minimum Gasteiger partial charge on any atom is -0.352 e. The molecule has 35 heavy (non-hydrogen) atoms. The topological polar surface area (TPSA) is 94.1 Å². The van der Waals surface area contributed by atoms with Gasteiger partial charge in [0.2, 0.25) is 5.91 Å². The van der Waals surface area contributed by atoms with E-state index in [1.165, 1.54) is 37.6 Å². The van der Waals surface area contributed by atoms with Gasteiger partial charge in [-0.2, -0.15) is 4.99 Å². The Hall–Kier alpha value is -2.39. The van der Waals surface area contributed by atoms with Gasteiger partial charge in [-0.1, -0.05) is 18.2 Å². The molecular formula is C26H37N5O3S. The third-order valence-electron chi connectivity index (χ3n) is 7.01. The monoisotopic (exact) mass is 499 g/mol. The van der Waals surface area contributed by atoms with Crippen molar-refractivity contribution in [2.24, 2.45) is 4.99 Å². The second-order valence-electron chi connectivity index (χ2n) is 9.71. The minimum absolute atomic E-state index is 0.0861. The van der Waals surface area contributed by atoms with Crippen molar-refractivity contribution in [1.82, 2.24) is 15.1 Å². The second-order valence-corrected chi connectivity index (χ2v) is 10.9. The van der Waals surface area contributed by atoms with Crippen LogP contribution in [0.15, 0.2) is 29.3 Å². The number of likely N-dealkylation sites (tertiary alicyclic amines) is 2. The molecule has 0 radical (unpaired) electrons. The zero-order chi connectivity index (χ0) is 24.6. The van der Waals surface area contributed by atoms with E-state index in [2.05, 4.69) is 32.3 Å². The average molecular weight is 500 g/mol. The first-order valence-corrected chi connectivity index (χ1v) is 13.8. The first kappa shape index (κ1) is 25.7. The first-order valence-electron chi connectivity index (χ1n) is 13.0. The maximum Gasteiger partial charge on any atom is 0.262 e. The highest BCUT2D eigenvalue weighted by Gasteiger charge is 2.33. The third-order valence-corrected chi connectivity index (χ3v) is 8.22. The normalized spacial score (nSPS) is 22.8. The summed E-state index contributed by atoms with van der Waals surface area (Å²) in [5.41, 5.74) is 1.18. The lowest BCUT2D eigenvalue weighted by molar-refractivity contribution is -0.121. The van der Waals surface area contributed by atoms with E-state index in [4.69, 9.17) is 0 Å². The molecule has 2 atom stereocenters. The summed E-state index contributed by atoms with van der Waals surface area (Å²) in [4.78, 5) is 45.9. The predicted molar refractivity (Wildman–Crippen MR) is 141 cm³/mol. The molecule has 0 unspecified atom stereocenters. The van der Waals surface area contributed by atoms with Gasteiger partial charge in [0, 0.05) is 43.3 Å². The molecule has 2 saturated heterocycles. The molecule has 1 aromatic carbocycles. The van der Waals surface area contributed by atoms with Gasteiger partial charge in [0.15, 0.2) is 5.17 Å². The Balaban J connectivity index is 1.14. The molecule has 0 aliphatic carbocycles. The number of piperidine rings is 1. The van der Waals surface area contributed by atoms with Crippen molar-refractivity contribution in [1.29, 1.82) is 0 Å². The summed E-state index contributed by atoms with van der Waals surface area (Å²) in [5.74, 6) is -0.563. The highest BCUT2D eigenvalue weighted by atomic mass is 32.2. The molecule has 3 aliphatic heterocycles. The van der Waals surface area contributed by atoms with E-state index >= 15 is 0 Å². The van der Waals surface area contributed by atoms with Crippen LogP contribution < -0.4 is 10.6 Å². The van der Waals surface area contributed by atoms with E-state index in [1.54, 1.807) is 24.3 Å². The molecule has 8 nitrogen and oxygen atoms in total. The molecule has 0 saturated carbocycles. The number of rotatable bonds is 9. The van der Waals surface area contributed by atoms with Gasteiger partial charge in [-0.05, 0) is 82.8 Å². The number of anilines is 1. The number of hydrogen-bond acceptors (Lipinski definition) is 6. The molecule has 2 fully saturated rings. The van der Waals surface area contributed by atoms with Crippen LogP contribution in [0.25, 0.3) is 0 Å². The quantitative estimate of drug-likeness (QED) is 0.505. The lowest BCUT2D eigenvalue weighted by atomic mass is 10.0. The van der Waals surface area contributed by atoms with Crippen LogP contribution in [0.3, 0.4) is 0 Å². The molecule has 3 aliphatic rings. The molecule has 0 aromatic heterocycles. The molecule has 2 N–H and O–H groups in total. The maximum atomic E-state index is 12.5. The molecule has 3 heterocycles. The van der Waals surface area contributed by atoms with Crippen LogP contribution in [0, 0.1) is 0 Å². The van der Waals surface area contributed by atoms with Gasteiger partial charge < -0.3 is 20.4 Å². The van der Waals surface area contributed by atoms with E-state index in [0.29, 0.717) is 23.8 Å². The zero-order valence-electron chi connectivity index (χ0n) is 20.6. The smallest absolute Gasteiger partial charge is 0.262 e. The van der Waals surface area contributed by atoms with Gasteiger partial charge in [0.25, 0.3) is 11.8 Å². The van der Waals surface area contributed by atoms with Crippen LogP contribution in [-0.4, -0.2) is 76.7 Å². The lowest BCUT2D eigenvalue weighted by Gasteiger charge is -2.33. The van der Waals surface area contributed by atoms with Gasteiger partial charge in [0.05, 0.1) is 0 Å². The Bertz CT molecular complexity index is 929. The Morgan fingerprint density at radius 2 is 1.80 bits per heavy atom. The largest absolute Gasteiger partial charge is 0.352 e. The maximum absolute atomic E-state index is 12.5. The van der Waals surface area contributed by atoms with E-state index in [9.17, 15) is 14.4 Å². The van der Waals surface area contributed by atoms with Gasteiger partial charge in [-0.25, -0.2) is 0 Å². The number of nitrogens with zero attached hydrogens (tertiary/aromatic N) is 3. The summed E-state index contributed by atoms with van der Waals surface area (Å²) in [6.07, 6.45) is 8.29. The van der Waals surface area contributed by atoms with Crippen LogP contribution in [-0.2, 0) is 9.59 Å². The van der Waals surface area contributed by atoms with E-state index in [1.807, 2.05) is 0 Å². The van der Waals surface area contributed by atoms with Crippen molar-refractivity contribution in [2.75, 3.05) is 38.0 Å². The van der Waals surface area contributed by atoms with E-state index in [-0.39, 0.29) is 24.1 Å². The SMILES string of the molecule is C[C@H]1CCCCN1CCCCNC(=O)c1ccc(NC(=O)C[C@@H]2SC(N3CCCC3)=NC2=O)cc1. The van der Waals surface area contributed by atoms with Crippen LogP contribution in [0.4, 0.5) is 5.69 Å². The van der Waals surface area contributed by atoms with Crippen molar-refractivity contribution < 1.29 is 14.4 Å². The fourth-order valence-electron chi connectivity index (χ4n) is 4.87. The van der Waals surface area contributed by atoms with Crippen molar-refractivity contribution in [3.63, 3.8) is 0 Å². The summed E-state index contributed by atoms with van der Waals surface area (Å²) in [5, 5.41) is 6.10. The van der Waals surface area contributed by atoms with Crippen LogP contribution >= 0.6 is 11.8 Å². The number of thioether (sulfide) groups is 1. The molecule has 3 amide bonds. The summed E-state index contributed by atoms with van der Waals surface area (Å²) in [7, 11) is 0. The van der Waals surface area contributed by atoms with E-state index in [0.717, 1.165) is 50.5 Å². The van der Waals surface area contributed by atoms with Crippen LogP contribution in [0.5, 0.6) is 0 Å². The molecule has 190 valence electrons. The fourth-order valence-corrected chi connectivity index (χ4v) is 5.99. The fraction of sp³-hybridized carbons (Fsp3) is 0.615. The number of nitrogens with one attached hydrogen (secondary N) is 2. The molecule has 9 heteroatoms. The number of hydrogen-bond donors (Lipinski definition) is 2. The lowest BCUT2D eigenvalue weighted by Crippen LogP contribution is -2.38. The summed E-state index contributed by atoms with van der Waals surface area (Å²) >= 11 is 1.39. The summed E-state index contributed by atoms with van der Waals surface area (Å²) in [6, 6.07) is 7.55. The molecular weight excluding hydrogens is 462 g/mol. The Morgan fingerprint density at radius 1 is 1.06 bits per heavy atom.